The average molecular weight is 337 g/mol. The molecule has 1 aliphatic rings. The Hall–Kier alpha value is -2.68. The number of nitrogen functional groups attached to an aromatic ring is 1. The predicted octanol–water partition coefficient (Wildman–Crippen LogP) is 0.349. The summed E-state index contributed by atoms with van der Waals surface area (Å²) in [7, 11) is 0. The molecule has 132 valence electrons. The highest BCUT2D eigenvalue weighted by molar-refractivity contribution is 5.89. The molecule has 0 saturated carbocycles. The molecule has 0 radical (unpaired) electrons. The Kier molecular flexibility index (Phi) is 8.20. The van der Waals surface area contributed by atoms with Crippen molar-refractivity contribution in [2.24, 2.45) is 0 Å². The van der Waals surface area contributed by atoms with Gasteiger partial charge in [-0.15, -0.1) is 0 Å². The second-order valence-electron chi connectivity index (χ2n) is 5.19. The smallest absolute Gasteiger partial charge is 0.328 e. The van der Waals surface area contributed by atoms with Crippen LogP contribution in [0.4, 0.5) is 11.8 Å². The Labute approximate surface area is 140 Å². The lowest BCUT2D eigenvalue weighted by Crippen LogP contribution is -2.58. The molecule has 0 atom stereocenters. The fourth-order valence-corrected chi connectivity index (χ4v) is 1.96. The molecule has 9 nitrogen and oxygen atoms in total. The molecule has 0 aliphatic carbocycles. The van der Waals surface area contributed by atoms with Crippen molar-refractivity contribution in [3.05, 3.63) is 24.4 Å². The van der Waals surface area contributed by atoms with Crippen molar-refractivity contribution >= 4 is 23.7 Å². The average Bonchev–Trinajstić information content (AvgIpc) is 2.48. The molecule has 5 N–H and O–H groups in total. The van der Waals surface area contributed by atoms with E-state index in [0.29, 0.717) is 24.1 Å². The second kappa shape index (κ2) is 10.2. The van der Waals surface area contributed by atoms with Crippen LogP contribution in [0.2, 0.25) is 0 Å². The molecule has 1 saturated heterocycles. The predicted molar refractivity (Wildman–Crippen MR) is 89.8 cm³/mol. The summed E-state index contributed by atoms with van der Waals surface area (Å²) in [5, 5.41) is 19.1. The Balaban J connectivity index is 0.000000307. The SMILES string of the molecule is CCCCNC1CN(c2ccnc(N)n2)C1.O=C(O)/C=C/C(=O)O. The third-order valence-corrected chi connectivity index (χ3v) is 3.20. The summed E-state index contributed by atoms with van der Waals surface area (Å²) in [5.74, 6) is -1.24. The highest BCUT2D eigenvalue weighted by Crippen LogP contribution is 2.18. The summed E-state index contributed by atoms with van der Waals surface area (Å²) in [4.78, 5) is 29.4. The fourth-order valence-electron chi connectivity index (χ4n) is 1.96. The molecule has 0 unspecified atom stereocenters. The number of anilines is 2. The normalized spacial score (nSPS) is 14.0. The molecular formula is C15H23N5O4. The summed E-state index contributed by atoms with van der Waals surface area (Å²) in [5.41, 5.74) is 5.54. The lowest BCUT2D eigenvalue weighted by molar-refractivity contribution is -0.134. The van der Waals surface area contributed by atoms with Gasteiger partial charge in [0.05, 0.1) is 0 Å². The summed E-state index contributed by atoms with van der Waals surface area (Å²) in [6, 6.07) is 2.50. The van der Waals surface area contributed by atoms with Crippen LogP contribution >= 0.6 is 0 Å². The van der Waals surface area contributed by atoms with Crippen molar-refractivity contribution in [3.63, 3.8) is 0 Å². The quantitative estimate of drug-likeness (QED) is 0.409. The lowest BCUT2D eigenvalue weighted by atomic mass is 10.1. The van der Waals surface area contributed by atoms with Crippen LogP contribution in [-0.2, 0) is 9.59 Å². The Bertz CT molecular complexity index is 557. The van der Waals surface area contributed by atoms with E-state index in [1.165, 1.54) is 12.8 Å². The van der Waals surface area contributed by atoms with Gasteiger partial charge in [-0.1, -0.05) is 13.3 Å². The third-order valence-electron chi connectivity index (χ3n) is 3.20. The number of carbonyl (C=O) groups is 2. The Morgan fingerprint density at radius 1 is 1.38 bits per heavy atom. The van der Waals surface area contributed by atoms with E-state index < -0.39 is 11.9 Å². The van der Waals surface area contributed by atoms with Crippen molar-refractivity contribution in [1.29, 1.82) is 0 Å². The number of aromatic nitrogens is 2. The molecule has 1 fully saturated rings. The van der Waals surface area contributed by atoms with Crippen molar-refractivity contribution in [2.75, 3.05) is 30.3 Å². The van der Waals surface area contributed by atoms with Gasteiger partial charge in [0, 0.05) is 37.5 Å². The van der Waals surface area contributed by atoms with Crippen molar-refractivity contribution in [3.8, 4) is 0 Å². The number of hydrogen-bond donors (Lipinski definition) is 4. The first-order valence-electron chi connectivity index (χ1n) is 7.63. The summed E-state index contributed by atoms with van der Waals surface area (Å²) < 4.78 is 0. The second-order valence-corrected chi connectivity index (χ2v) is 5.19. The number of nitrogens with zero attached hydrogens (tertiary/aromatic N) is 3. The molecule has 9 heteroatoms. The van der Waals surface area contributed by atoms with Crippen molar-refractivity contribution in [1.82, 2.24) is 15.3 Å². The third kappa shape index (κ3) is 7.54. The molecule has 1 aliphatic heterocycles. The van der Waals surface area contributed by atoms with E-state index in [9.17, 15) is 9.59 Å². The van der Waals surface area contributed by atoms with E-state index in [4.69, 9.17) is 15.9 Å². The van der Waals surface area contributed by atoms with Gasteiger partial charge in [-0.05, 0) is 19.0 Å². The van der Waals surface area contributed by atoms with Crippen LogP contribution in [0.25, 0.3) is 0 Å². The highest BCUT2D eigenvalue weighted by Gasteiger charge is 2.26. The van der Waals surface area contributed by atoms with Gasteiger partial charge < -0.3 is 26.2 Å². The van der Waals surface area contributed by atoms with Gasteiger partial charge in [0.1, 0.15) is 5.82 Å². The Morgan fingerprint density at radius 2 is 2.00 bits per heavy atom. The van der Waals surface area contributed by atoms with Crippen LogP contribution in [0.15, 0.2) is 24.4 Å². The zero-order valence-electron chi connectivity index (χ0n) is 13.6. The number of unbranched alkanes of at least 4 members (excludes halogenated alkanes) is 1. The van der Waals surface area contributed by atoms with Crippen LogP contribution in [-0.4, -0.2) is 57.8 Å². The monoisotopic (exact) mass is 337 g/mol. The topological polar surface area (TPSA) is 142 Å². The number of carboxylic acid groups (broad SMARTS) is 2. The van der Waals surface area contributed by atoms with E-state index in [0.717, 1.165) is 25.5 Å². The molecule has 1 aromatic heterocycles. The summed E-state index contributed by atoms with van der Waals surface area (Å²) in [6.07, 6.45) is 5.31. The first-order valence-corrected chi connectivity index (χ1v) is 7.63. The van der Waals surface area contributed by atoms with Gasteiger partial charge in [0.25, 0.3) is 0 Å². The zero-order chi connectivity index (χ0) is 17.9. The molecule has 2 heterocycles. The zero-order valence-corrected chi connectivity index (χ0v) is 13.6. The van der Waals surface area contributed by atoms with Crippen LogP contribution in [0.3, 0.4) is 0 Å². The van der Waals surface area contributed by atoms with Gasteiger partial charge in [0.15, 0.2) is 0 Å². The maximum Gasteiger partial charge on any atom is 0.328 e. The van der Waals surface area contributed by atoms with Gasteiger partial charge in [-0.25, -0.2) is 14.6 Å². The van der Waals surface area contributed by atoms with E-state index in [2.05, 4.69) is 27.1 Å². The number of nitrogens with two attached hydrogens (primary N) is 1. The number of aliphatic carboxylic acids is 2. The van der Waals surface area contributed by atoms with Crippen LogP contribution in [0, 0.1) is 0 Å². The highest BCUT2D eigenvalue weighted by atomic mass is 16.4. The van der Waals surface area contributed by atoms with Crippen molar-refractivity contribution in [2.45, 2.75) is 25.8 Å². The molecule has 0 aromatic carbocycles. The number of hydrogen-bond acceptors (Lipinski definition) is 7. The molecular weight excluding hydrogens is 314 g/mol. The van der Waals surface area contributed by atoms with E-state index >= 15 is 0 Å². The number of rotatable bonds is 7. The van der Waals surface area contributed by atoms with Gasteiger partial charge in [-0.2, -0.15) is 4.98 Å². The minimum atomic E-state index is -1.26. The van der Waals surface area contributed by atoms with Crippen molar-refractivity contribution < 1.29 is 19.8 Å². The molecule has 24 heavy (non-hydrogen) atoms. The Morgan fingerprint density at radius 3 is 2.50 bits per heavy atom. The first-order chi connectivity index (χ1) is 11.4. The van der Waals surface area contributed by atoms with Gasteiger partial charge in [0.2, 0.25) is 5.95 Å². The largest absolute Gasteiger partial charge is 0.478 e. The summed E-state index contributed by atoms with van der Waals surface area (Å²) in [6.45, 7) is 5.35. The molecule has 0 spiro atoms. The lowest BCUT2D eigenvalue weighted by Gasteiger charge is -2.40. The van der Waals surface area contributed by atoms with Crippen LogP contribution < -0.4 is 16.0 Å². The molecule has 2 rings (SSSR count). The molecule has 0 bridgehead atoms. The van der Waals surface area contributed by atoms with Crippen LogP contribution in [0.5, 0.6) is 0 Å². The minimum absolute atomic E-state index is 0.347. The van der Waals surface area contributed by atoms with Gasteiger partial charge >= 0.3 is 11.9 Å². The van der Waals surface area contributed by atoms with E-state index in [1.54, 1.807) is 6.20 Å². The molecule has 0 amide bonds. The maximum absolute atomic E-state index is 9.55. The minimum Gasteiger partial charge on any atom is -0.478 e. The maximum atomic E-state index is 9.55. The number of carboxylic acids is 2. The number of nitrogens with one attached hydrogen (secondary N) is 1. The fraction of sp³-hybridized carbons (Fsp3) is 0.467. The summed E-state index contributed by atoms with van der Waals surface area (Å²) >= 11 is 0. The first kappa shape index (κ1) is 19.4. The van der Waals surface area contributed by atoms with E-state index in [-0.39, 0.29) is 0 Å². The van der Waals surface area contributed by atoms with Crippen LogP contribution in [0.1, 0.15) is 19.8 Å². The molecule has 1 aromatic rings. The van der Waals surface area contributed by atoms with E-state index in [1.807, 2.05) is 6.07 Å². The van der Waals surface area contributed by atoms with Gasteiger partial charge in [-0.3, -0.25) is 0 Å². The standard InChI is InChI=1S/C11H19N5.C4H4O4/c1-2-3-5-13-9-7-16(8-9)10-4-6-14-11(12)15-10;5-3(6)1-2-4(7)8/h4,6,9,13H,2-3,5,7-8H2,1H3,(H2,12,14,15);1-2H,(H,5,6)(H,7,8)/b;2-1+.